The third-order valence-electron chi connectivity index (χ3n) is 4.37. The molecule has 7 nitrogen and oxygen atoms in total. The molecule has 2 aromatic heterocycles. The molecule has 120 valence electrons. The van der Waals surface area contributed by atoms with E-state index in [1.807, 2.05) is 17.8 Å². The number of aliphatic hydroxyl groups is 1. The van der Waals surface area contributed by atoms with Gasteiger partial charge in [0.1, 0.15) is 5.69 Å². The summed E-state index contributed by atoms with van der Waals surface area (Å²) in [6.45, 7) is 8.02. The SMILES string of the molecule is Cc1nn(Cc2cn(CC3CC(O)CCO3)nn2)c(C)c1C. The summed E-state index contributed by atoms with van der Waals surface area (Å²) >= 11 is 0. The van der Waals surface area contributed by atoms with Gasteiger partial charge in [-0.1, -0.05) is 5.21 Å². The van der Waals surface area contributed by atoms with Crippen molar-refractivity contribution in [3.05, 3.63) is 28.8 Å². The Labute approximate surface area is 129 Å². The number of hydrogen-bond acceptors (Lipinski definition) is 5. The van der Waals surface area contributed by atoms with E-state index in [2.05, 4.69) is 29.3 Å². The molecule has 2 atom stereocenters. The maximum absolute atomic E-state index is 9.68. The van der Waals surface area contributed by atoms with Crippen LogP contribution in [0.2, 0.25) is 0 Å². The predicted octanol–water partition coefficient (Wildman–Crippen LogP) is 0.988. The first kappa shape index (κ1) is 15.2. The molecule has 1 fully saturated rings. The van der Waals surface area contributed by atoms with E-state index in [-0.39, 0.29) is 12.2 Å². The quantitative estimate of drug-likeness (QED) is 0.911. The molecule has 0 amide bonds. The van der Waals surface area contributed by atoms with Gasteiger partial charge in [-0.15, -0.1) is 5.10 Å². The van der Waals surface area contributed by atoms with Gasteiger partial charge in [0.15, 0.2) is 0 Å². The van der Waals surface area contributed by atoms with Crippen molar-refractivity contribution in [3.8, 4) is 0 Å². The van der Waals surface area contributed by atoms with E-state index in [1.54, 1.807) is 4.68 Å². The summed E-state index contributed by atoms with van der Waals surface area (Å²) in [5.41, 5.74) is 4.30. The second-order valence-corrected chi connectivity index (χ2v) is 6.06. The summed E-state index contributed by atoms with van der Waals surface area (Å²) in [5.74, 6) is 0. The Morgan fingerprint density at radius 3 is 2.86 bits per heavy atom. The first-order chi connectivity index (χ1) is 10.5. The summed E-state index contributed by atoms with van der Waals surface area (Å²) in [4.78, 5) is 0. The van der Waals surface area contributed by atoms with E-state index in [9.17, 15) is 5.11 Å². The molecule has 7 heteroatoms. The van der Waals surface area contributed by atoms with Crippen molar-refractivity contribution in [1.82, 2.24) is 24.8 Å². The lowest BCUT2D eigenvalue weighted by molar-refractivity contribution is -0.0511. The zero-order valence-electron chi connectivity index (χ0n) is 13.4. The van der Waals surface area contributed by atoms with Gasteiger partial charge in [-0.05, 0) is 32.8 Å². The first-order valence-corrected chi connectivity index (χ1v) is 7.72. The fourth-order valence-electron chi connectivity index (χ4n) is 2.79. The van der Waals surface area contributed by atoms with Crippen molar-refractivity contribution in [1.29, 1.82) is 0 Å². The maximum atomic E-state index is 9.68. The summed E-state index contributed by atoms with van der Waals surface area (Å²) in [5, 5.41) is 22.6. The van der Waals surface area contributed by atoms with Gasteiger partial charge in [-0.2, -0.15) is 5.10 Å². The highest BCUT2D eigenvalue weighted by atomic mass is 16.5. The lowest BCUT2D eigenvalue weighted by Gasteiger charge is -2.26. The second-order valence-electron chi connectivity index (χ2n) is 6.06. The topological polar surface area (TPSA) is 78.0 Å². The maximum Gasteiger partial charge on any atom is 0.104 e. The van der Waals surface area contributed by atoms with Gasteiger partial charge in [0.05, 0.1) is 37.2 Å². The lowest BCUT2D eigenvalue weighted by atomic mass is 10.1. The van der Waals surface area contributed by atoms with Crippen molar-refractivity contribution < 1.29 is 9.84 Å². The molecule has 0 aromatic carbocycles. The van der Waals surface area contributed by atoms with Gasteiger partial charge in [0.2, 0.25) is 0 Å². The Morgan fingerprint density at radius 2 is 2.18 bits per heavy atom. The molecule has 1 saturated heterocycles. The number of nitrogens with zero attached hydrogens (tertiary/aromatic N) is 5. The zero-order valence-corrected chi connectivity index (χ0v) is 13.4. The van der Waals surface area contributed by atoms with Crippen LogP contribution in [0.5, 0.6) is 0 Å². The molecule has 1 aliphatic heterocycles. The average molecular weight is 305 g/mol. The van der Waals surface area contributed by atoms with Gasteiger partial charge in [-0.25, -0.2) is 4.68 Å². The minimum Gasteiger partial charge on any atom is -0.393 e. The van der Waals surface area contributed by atoms with Crippen LogP contribution in [0.4, 0.5) is 0 Å². The minimum atomic E-state index is -0.264. The van der Waals surface area contributed by atoms with E-state index >= 15 is 0 Å². The Hall–Kier alpha value is -1.73. The molecule has 0 spiro atoms. The van der Waals surface area contributed by atoms with Crippen LogP contribution in [0.3, 0.4) is 0 Å². The third-order valence-corrected chi connectivity index (χ3v) is 4.37. The molecule has 3 rings (SSSR count). The van der Waals surface area contributed by atoms with E-state index in [0.717, 1.165) is 23.5 Å². The van der Waals surface area contributed by atoms with Gasteiger partial charge in [0, 0.05) is 18.7 Å². The van der Waals surface area contributed by atoms with Crippen LogP contribution in [0.15, 0.2) is 6.20 Å². The van der Waals surface area contributed by atoms with Crippen LogP contribution in [0.25, 0.3) is 0 Å². The van der Waals surface area contributed by atoms with Crippen molar-refractivity contribution in [2.24, 2.45) is 0 Å². The number of aromatic nitrogens is 5. The molecule has 0 aliphatic carbocycles. The zero-order chi connectivity index (χ0) is 15.7. The molecule has 0 saturated carbocycles. The summed E-state index contributed by atoms with van der Waals surface area (Å²) in [7, 11) is 0. The molecular formula is C15H23N5O2. The van der Waals surface area contributed by atoms with Gasteiger partial charge < -0.3 is 9.84 Å². The van der Waals surface area contributed by atoms with Crippen LogP contribution in [-0.4, -0.2) is 48.7 Å². The smallest absolute Gasteiger partial charge is 0.104 e. The molecule has 1 N–H and O–H groups in total. The molecule has 2 aromatic rings. The largest absolute Gasteiger partial charge is 0.393 e. The fraction of sp³-hybridized carbons (Fsp3) is 0.667. The number of aryl methyl sites for hydroxylation is 1. The molecule has 1 aliphatic rings. The van der Waals surface area contributed by atoms with Crippen LogP contribution in [0.1, 0.15) is 35.5 Å². The minimum absolute atomic E-state index is 0.00854. The van der Waals surface area contributed by atoms with Crippen molar-refractivity contribution in [2.75, 3.05) is 6.61 Å². The van der Waals surface area contributed by atoms with Crippen molar-refractivity contribution in [2.45, 2.75) is 58.9 Å². The molecule has 0 bridgehead atoms. The monoisotopic (exact) mass is 305 g/mol. The number of aliphatic hydroxyl groups excluding tert-OH is 1. The van der Waals surface area contributed by atoms with E-state index < -0.39 is 0 Å². The Balaban J connectivity index is 1.64. The van der Waals surface area contributed by atoms with Crippen LogP contribution >= 0.6 is 0 Å². The summed E-state index contributed by atoms with van der Waals surface area (Å²) in [6.07, 6.45) is 3.05. The van der Waals surface area contributed by atoms with Gasteiger partial charge in [-0.3, -0.25) is 4.68 Å². The van der Waals surface area contributed by atoms with Crippen molar-refractivity contribution in [3.63, 3.8) is 0 Å². The highest BCUT2D eigenvalue weighted by Gasteiger charge is 2.21. The van der Waals surface area contributed by atoms with Crippen molar-refractivity contribution >= 4 is 0 Å². The second kappa shape index (κ2) is 6.18. The van der Waals surface area contributed by atoms with Gasteiger partial charge in [0.25, 0.3) is 0 Å². The third kappa shape index (κ3) is 3.20. The Kier molecular flexibility index (Phi) is 4.26. The van der Waals surface area contributed by atoms with Gasteiger partial charge >= 0.3 is 0 Å². The Bertz CT molecular complexity index is 648. The summed E-state index contributed by atoms with van der Waals surface area (Å²) in [6, 6.07) is 0. The molecule has 0 radical (unpaired) electrons. The predicted molar refractivity (Wildman–Crippen MR) is 80.5 cm³/mol. The number of hydrogen-bond donors (Lipinski definition) is 1. The van der Waals surface area contributed by atoms with Crippen LogP contribution in [0, 0.1) is 20.8 Å². The molecule has 3 heterocycles. The molecule has 2 unspecified atom stereocenters. The van der Waals surface area contributed by atoms with Crippen LogP contribution in [-0.2, 0) is 17.8 Å². The standard InChI is InChI=1S/C15H23N5O2/c1-10-11(2)17-20(12(10)3)8-13-7-19(18-16-13)9-15-6-14(21)4-5-22-15/h7,14-15,21H,4-6,8-9H2,1-3H3. The highest BCUT2D eigenvalue weighted by Crippen LogP contribution is 2.16. The average Bonchev–Trinajstić information content (AvgIpc) is 3.00. The van der Waals surface area contributed by atoms with E-state index in [0.29, 0.717) is 26.1 Å². The summed E-state index contributed by atoms with van der Waals surface area (Å²) < 4.78 is 9.40. The number of ether oxygens (including phenoxy) is 1. The molecular weight excluding hydrogens is 282 g/mol. The number of rotatable bonds is 4. The lowest BCUT2D eigenvalue weighted by Crippen LogP contribution is -2.32. The Morgan fingerprint density at radius 1 is 1.36 bits per heavy atom. The molecule has 22 heavy (non-hydrogen) atoms. The highest BCUT2D eigenvalue weighted by molar-refractivity contribution is 5.22. The normalized spacial score (nSPS) is 22.2. The van der Waals surface area contributed by atoms with E-state index in [1.165, 1.54) is 5.56 Å². The fourth-order valence-corrected chi connectivity index (χ4v) is 2.79. The van der Waals surface area contributed by atoms with Crippen LogP contribution < -0.4 is 0 Å². The van der Waals surface area contributed by atoms with E-state index in [4.69, 9.17) is 4.74 Å². The first-order valence-electron chi connectivity index (χ1n) is 7.72.